The lowest BCUT2D eigenvalue weighted by Crippen LogP contribution is -2.28. The zero-order valence-electron chi connectivity index (χ0n) is 13.7. The van der Waals surface area contributed by atoms with Crippen LogP contribution in [0.3, 0.4) is 0 Å². The number of hydrogen-bond acceptors (Lipinski definition) is 4. The number of hydrogen-bond donors (Lipinski definition) is 2. The third kappa shape index (κ3) is 4.09. The van der Waals surface area contributed by atoms with Crippen LogP contribution in [0.4, 0.5) is 10.6 Å². The van der Waals surface area contributed by atoms with Crippen molar-refractivity contribution in [3.63, 3.8) is 0 Å². The summed E-state index contributed by atoms with van der Waals surface area (Å²) in [5, 5.41) is 5.47. The first-order chi connectivity index (χ1) is 10.9. The van der Waals surface area contributed by atoms with Crippen molar-refractivity contribution >= 4 is 11.8 Å². The van der Waals surface area contributed by atoms with Crippen LogP contribution in [0.2, 0.25) is 0 Å². The maximum Gasteiger partial charge on any atom is 0.320 e. The van der Waals surface area contributed by atoms with E-state index in [9.17, 15) is 4.79 Å². The zero-order chi connectivity index (χ0) is 16.4. The second-order valence-electron chi connectivity index (χ2n) is 6.91. The van der Waals surface area contributed by atoms with E-state index in [0.717, 1.165) is 11.4 Å². The Bertz CT molecular complexity index is 699. The highest BCUT2D eigenvalue weighted by atomic mass is 16.3. The summed E-state index contributed by atoms with van der Waals surface area (Å²) in [6, 6.07) is 5.39. The molecule has 0 aromatic carbocycles. The van der Waals surface area contributed by atoms with E-state index >= 15 is 0 Å². The van der Waals surface area contributed by atoms with Crippen LogP contribution in [-0.2, 0) is 12.0 Å². The Balaban J connectivity index is 1.53. The first kappa shape index (κ1) is 15.5. The average molecular weight is 314 g/mol. The Morgan fingerprint density at radius 1 is 1.30 bits per heavy atom. The molecule has 2 heterocycles. The third-order valence-electron chi connectivity index (χ3n) is 3.73. The van der Waals surface area contributed by atoms with Crippen LogP contribution in [0, 0.1) is 0 Å². The molecular formula is C17H22N4O2. The molecule has 122 valence electrons. The second-order valence-corrected chi connectivity index (χ2v) is 6.91. The van der Waals surface area contributed by atoms with E-state index in [1.807, 2.05) is 12.1 Å². The SMILES string of the molecule is CC(C)(C)c1coc(CNC(=O)Nc2cccc(C3CC3)n2)n1. The second kappa shape index (κ2) is 6.02. The zero-order valence-corrected chi connectivity index (χ0v) is 13.7. The number of rotatable bonds is 4. The van der Waals surface area contributed by atoms with Gasteiger partial charge in [0, 0.05) is 17.0 Å². The molecule has 0 unspecified atom stereocenters. The fraction of sp³-hybridized carbons (Fsp3) is 0.471. The molecule has 0 atom stereocenters. The van der Waals surface area contributed by atoms with E-state index in [0.29, 0.717) is 17.6 Å². The van der Waals surface area contributed by atoms with Crippen molar-refractivity contribution in [1.82, 2.24) is 15.3 Å². The van der Waals surface area contributed by atoms with Crippen molar-refractivity contribution in [3.8, 4) is 0 Å². The molecule has 0 saturated heterocycles. The van der Waals surface area contributed by atoms with Gasteiger partial charge in [0.25, 0.3) is 0 Å². The largest absolute Gasteiger partial charge is 0.447 e. The van der Waals surface area contributed by atoms with E-state index in [-0.39, 0.29) is 18.0 Å². The van der Waals surface area contributed by atoms with Crippen molar-refractivity contribution in [1.29, 1.82) is 0 Å². The molecule has 1 aliphatic rings. The molecule has 6 heteroatoms. The van der Waals surface area contributed by atoms with E-state index < -0.39 is 0 Å². The highest BCUT2D eigenvalue weighted by Gasteiger charge is 2.25. The van der Waals surface area contributed by atoms with Gasteiger partial charge in [-0.05, 0) is 25.0 Å². The molecule has 0 aliphatic heterocycles. The smallest absolute Gasteiger partial charge is 0.320 e. The number of urea groups is 1. The van der Waals surface area contributed by atoms with E-state index in [1.54, 1.807) is 12.3 Å². The Hall–Kier alpha value is -2.37. The molecule has 3 rings (SSSR count). The number of carbonyl (C=O) groups is 1. The number of amides is 2. The van der Waals surface area contributed by atoms with Gasteiger partial charge >= 0.3 is 6.03 Å². The molecular weight excluding hydrogens is 292 g/mol. The summed E-state index contributed by atoms with van der Waals surface area (Å²) in [7, 11) is 0. The van der Waals surface area contributed by atoms with E-state index in [1.165, 1.54) is 12.8 Å². The van der Waals surface area contributed by atoms with Crippen molar-refractivity contribution in [2.75, 3.05) is 5.32 Å². The molecule has 1 saturated carbocycles. The lowest BCUT2D eigenvalue weighted by atomic mass is 9.93. The van der Waals surface area contributed by atoms with Crippen LogP contribution < -0.4 is 10.6 Å². The molecule has 2 aromatic heterocycles. The highest BCUT2D eigenvalue weighted by molar-refractivity contribution is 5.88. The Morgan fingerprint density at radius 3 is 2.74 bits per heavy atom. The van der Waals surface area contributed by atoms with E-state index in [2.05, 4.69) is 41.4 Å². The average Bonchev–Trinajstić information content (AvgIpc) is 3.22. The molecule has 0 bridgehead atoms. The Kier molecular flexibility index (Phi) is 4.07. The summed E-state index contributed by atoms with van der Waals surface area (Å²) >= 11 is 0. The summed E-state index contributed by atoms with van der Waals surface area (Å²) in [6.45, 7) is 6.43. The number of pyridine rings is 1. The van der Waals surface area contributed by atoms with Crippen molar-refractivity contribution in [3.05, 3.63) is 41.7 Å². The van der Waals surface area contributed by atoms with Crippen LogP contribution in [-0.4, -0.2) is 16.0 Å². The maximum atomic E-state index is 12.0. The van der Waals surface area contributed by atoms with Crippen LogP contribution in [0.1, 0.15) is 56.8 Å². The van der Waals surface area contributed by atoms with Crippen LogP contribution in [0.15, 0.2) is 28.9 Å². The minimum absolute atomic E-state index is 0.0722. The van der Waals surface area contributed by atoms with Gasteiger partial charge in [0.1, 0.15) is 12.1 Å². The topological polar surface area (TPSA) is 80.0 Å². The monoisotopic (exact) mass is 314 g/mol. The summed E-state index contributed by atoms with van der Waals surface area (Å²) in [4.78, 5) is 20.8. The quantitative estimate of drug-likeness (QED) is 0.904. The lowest BCUT2D eigenvalue weighted by Gasteiger charge is -2.13. The molecule has 2 amide bonds. The first-order valence-corrected chi connectivity index (χ1v) is 7.88. The highest BCUT2D eigenvalue weighted by Crippen LogP contribution is 2.39. The molecule has 1 aliphatic carbocycles. The lowest BCUT2D eigenvalue weighted by molar-refractivity contribution is 0.250. The summed E-state index contributed by atoms with van der Waals surface area (Å²) < 4.78 is 5.38. The van der Waals surface area contributed by atoms with Gasteiger partial charge in [-0.15, -0.1) is 0 Å². The number of nitrogens with one attached hydrogen (secondary N) is 2. The minimum Gasteiger partial charge on any atom is -0.447 e. The molecule has 23 heavy (non-hydrogen) atoms. The standard InChI is InChI=1S/C17H22N4O2/c1-17(2,3)13-10-23-15(20-13)9-18-16(22)21-14-6-4-5-12(19-14)11-7-8-11/h4-6,10-11H,7-9H2,1-3H3,(H2,18,19,21,22). The van der Waals surface area contributed by atoms with Crippen LogP contribution >= 0.6 is 0 Å². The number of anilines is 1. The number of nitrogens with zero attached hydrogens (tertiary/aromatic N) is 2. The van der Waals surface area contributed by atoms with Gasteiger partial charge in [0.05, 0.1) is 12.2 Å². The third-order valence-corrected chi connectivity index (χ3v) is 3.73. The van der Waals surface area contributed by atoms with Crippen molar-refractivity contribution in [2.24, 2.45) is 0 Å². The molecule has 6 nitrogen and oxygen atoms in total. The van der Waals surface area contributed by atoms with Gasteiger partial charge in [0.15, 0.2) is 0 Å². The van der Waals surface area contributed by atoms with Gasteiger partial charge in [-0.3, -0.25) is 5.32 Å². The summed E-state index contributed by atoms with van der Waals surface area (Å²) in [6.07, 6.45) is 4.00. The molecule has 0 radical (unpaired) electrons. The van der Waals surface area contributed by atoms with Gasteiger partial charge in [0.2, 0.25) is 5.89 Å². The van der Waals surface area contributed by atoms with Crippen molar-refractivity contribution in [2.45, 2.75) is 51.5 Å². The fourth-order valence-electron chi connectivity index (χ4n) is 2.18. The predicted octanol–water partition coefficient (Wildman–Crippen LogP) is 3.57. The number of oxazole rings is 1. The molecule has 1 fully saturated rings. The maximum absolute atomic E-state index is 12.0. The van der Waals surface area contributed by atoms with Crippen LogP contribution in [0.5, 0.6) is 0 Å². The fourth-order valence-corrected chi connectivity index (χ4v) is 2.18. The van der Waals surface area contributed by atoms with Gasteiger partial charge < -0.3 is 9.73 Å². The number of carbonyl (C=O) groups excluding carboxylic acids is 1. The Morgan fingerprint density at radius 2 is 2.09 bits per heavy atom. The van der Waals surface area contributed by atoms with Gasteiger partial charge in [-0.2, -0.15) is 0 Å². The molecule has 0 spiro atoms. The van der Waals surface area contributed by atoms with E-state index in [4.69, 9.17) is 4.42 Å². The molecule has 2 N–H and O–H groups in total. The summed E-state index contributed by atoms with van der Waals surface area (Å²) in [5.74, 6) is 1.61. The minimum atomic E-state index is -0.319. The first-order valence-electron chi connectivity index (χ1n) is 7.88. The predicted molar refractivity (Wildman–Crippen MR) is 87.3 cm³/mol. The molecule has 2 aromatic rings. The number of aromatic nitrogens is 2. The summed E-state index contributed by atoms with van der Waals surface area (Å²) in [5.41, 5.74) is 1.84. The van der Waals surface area contributed by atoms with Crippen molar-refractivity contribution < 1.29 is 9.21 Å². The van der Waals surface area contributed by atoms with Gasteiger partial charge in [-0.25, -0.2) is 14.8 Å². The Labute approximate surface area is 135 Å². The van der Waals surface area contributed by atoms with Crippen LogP contribution in [0.25, 0.3) is 0 Å². The normalized spacial score (nSPS) is 14.6. The van der Waals surface area contributed by atoms with Gasteiger partial charge in [-0.1, -0.05) is 26.8 Å².